The molecule has 1 aliphatic rings. The quantitative estimate of drug-likeness (QED) is 0.796. The number of amides is 3. The summed E-state index contributed by atoms with van der Waals surface area (Å²) in [6, 6.07) is 6.83. The number of rotatable bonds is 3. The molecule has 0 aliphatic carbocycles. The van der Waals surface area contributed by atoms with Gasteiger partial charge in [-0.3, -0.25) is 25.2 Å². The lowest BCUT2D eigenvalue weighted by Gasteiger charge is -2.19. The summed E-state index contributed by atoms with van der Waals surface area (Å²) in [6.45, 7) is 0.559. The second kappa shape index (κ2) is 7.93. The van der Waals surface area contributed by atoms with Crippen LogP contribution in [0.25, 0.3) is 0 Å². The normalized spacial score (nSPS) is 15.1. The number of likely N-dealkylation sites (tertiary alicyclic amines) is 1. The minimum atomic E-state index is -0.406. The first-order chi connectivity index (χ1) is 10.6. The SMILES string of the molecule is O=C(CN1CCCCCC1=O)NNC(=O)c1cccc(Br)c1. The number of carbonyl (C=O) groups is 3. The van der Waals surface area contributed by atoms with Crippen molar-refractivity contribution in [3.8, 4) is 0 Å². The van der Waals surface area contributed by atoms with Crippen molar-refractivity contribution in [2.45, 2.75) is 25.7 Å². The van der Waals surface area contributed by atoms with Gasteiger partial charge < -0.3 is 4.90 Å². The third-order valence-electron chi connectivity index (χ3n) is 3.41. The third-order valence-corrected chi connectivity index (χ3v) is 3.90. The van der Waals surface area contributed by atoms with Crippen LogP contribution >= 0.6 is 15.9 Å². The van der Waals surface area contributed by atoms with E-state index in [-0.39, 0.29) is 12.5 Å². The van der Waals surface area contributed by atoms with Crippen LogP contribution in [-0.4, -0.2) is 35.7 Å². The minimum absolute atomic E-state index is 0.00836. The monoisotopic (exact) mass is 367 g/mol. The van der Waals surface area contributed by atoms with Crippen molar-refractivity contribution in [2.24, 2.45) is 0 Å². The predicted octanol–water partition coefficient (Wildman–Crippen LogP) is 1.61. The average Bonchev–Trinajstić information content (AvgIpc) is 2.70. The van der Waals surface area contributed by atoms with Crippen LogP contribution in [-0.2, 0) is 9.59 Å². The maximum absolute atomic E-state index is 11.9. The lowest BCUT2D eigenvalue weighted by Crippen LogP contribution is -2.47. The molecule has 0 unspecified atom stereocenters. The summed E-state index contributed by atoms with van der Waals surface area (Å²) >= 11 is 3.28. The average molecular weight is 368 g/mol. The van der Waals surface area contributed by atoms with Gasteiger partial charge >= 0.3 is 0 Å². The predicted molar refractivity (Wildman–Crippen MR) is 84.8 cm³/mol. The highest BCUT2D eigenvalue weighted by atomic mass is 79.9. The number of hydrogen-bond acceptors (Lipinski definition) is 3. The Morgan fingerprint density at radius 1 is 1.18 bits per heavy atom. The fraction of sp³-hybridized carbons (Fsp3) is 0.400. The van der Waals surface area contributed by atoms with Gasteiger partial charge in [-0.25, -0.2) is 0 Å². The smallest absolute Gasteiger partial charge is 0.269 e. The zero-order valence-electron chi connectivity index (χ0n) is 12.1. The zero-order chi connectivity index (χ0) is 15.9. The molecule has 1 fully saturated rings. The van der Waals surface area contributed by atoms with E-state index in [4.69, 9.17) is 0 Å². The molecule has 1 saturated heterocycles. The summed E-state index contributed by atoms with van der Waals surface area (Å²) in [5.74, 6) is -0.818. The molecule has 0 bridgehead atoms. The van der Waals surface area contributed by atoms with Crippen LogP contribution in [0.15, 0.2) is 28.7 Å². The Hall–Kier alpha value is -1.89. The number of hydrogen-bond donors (Lipinski definition) is 2. The Balaban J connectivity index is 1.82. The molecule has 0 atom stereocenters. The van der Waals surface area contributed by atoms with Gasteiger partial charge in [0.05, 0.1) is 0 Å². The van der Waals surface area contributed by atoms with Gasteiger partial charge in [-0.1, -0.05) is 28.4 Å². The van der Waals surface area contributed by atoms with Crippen molar-refractivity contribution >= 4 is 33.7 Å². The highest BCUT2D eigenvalue weighted by molar-refractivity contribution is 9.10. The molecule has 2 rings (SSSR count). The first-order valence-corrected chi connectivity index (χ1v) is 7.98. The third kappa shape index (κ3) is 4.84. The van der Waals surface area contributed by atoms with E-state index in [0.717, 1.165) is 23.7 Å². The molecule has 3 amide bonds. The van der Waals surface area contributed by atoms with Crippen LogP contribution in [0.1, 0.15) is 36.0 Å². The minimum Gasteiger partial charge on any atom is -0.333 e. The summed E-state index contributed by atoms with van der Waals surface area (Å²) in [5, 5.41) is 0. The molecule has 118 valence electrons. The van der Waals surface area contributed by atoms with E-state index >= 15 is 0 Å². The van der Waals surface area contributed by atoms with Crippen LogP contribution in [0.4, 0.5) is 0 Å². The van der Waals surface area contributed by atoms with E-state index in [2.05, 4.69) is 26.8 Å². The van der Waals surface area contributed by atoms with Gasteiger partial charge in [-0.15, -0.1) is 0 Å². The van der Waals surface area contributed by atoms with Gasteiger partial charge in [0.1, 0.15) is 6.54 Å². The van der Waals surface area contributed by atoms with Crippen LogP contribution in [0.2, 0.25) is 0 Å². The maximum atomic E-state index is 11.9. The molecule has 0 radical (unpaired) electrons. The van der Waals surface area contributed by atoms with E-state index in [1.54, 1.807) is 24.3 Å². The van der Waals surface area contributed by atoms with Crippen molar-refractivity contribution in [3.05, 3.63) is 34.3 Å². The van der Waals surface area contributed by atoms with Gasteiger partial charge in [0.25, 0.3) is 11.8 Å². The Morgan fingerprint density at radius 3 is 2.77 bits per heavy atom. The molecule has 6 nitrogen and oxygen atoms in total. The number of nitrogens with zero attached hydrogens (tertiary/aromatic N) is 1. The summed E-state index contributed by atoms with van der Waals surface area (Å²) in [7, 11) is 0. The van der Waals surface area contributed by atoms with E-state index < -0.39 is 11.8 Å². The van der Waals surface area contributed by atoms with Crippen LogP contribution in [0.5, 0.6) is 0 Å². The number of carbonyl (C=O) groups excluding carboxylic acids is 3. The molecule has 0 saturated carbocycles. The van der Waals surface area contributed by atoms with E-state index in [1.807, 2.05) is 0 Å². The second-order valence-corrected chi connectivity index (χ2v) is 6.05. The number of nitrogens with one attached hydrogen (secondary N) is 2. The summed E-state index contributed by atoms with van der Waals surface area (Å²) in [6.07, 6.45) is 3.27. The van der Waals surface area contributed by atoms with Gasteiger partial charge in [-0.05, 0) is 31.0 Å². The van der Waals surface area contributed by atoms with Crippen molar-refractivity contribution in [1.29, 1.82) is 0 Å². The first-order valence-electron chi connectivity index (χ1n) is 7.19. The van der Waals surface area contributed by atoms with Crippen LogP contribution in [0, 0.1) is 0 Å². The lowest BCUT2D eigenvalue weighted by atomic mass is 10.2. The topological polar surface area (TPSA) is 78.5 Å². The Morgan fingerprint density at radius 2 is 2.00 bits per heavy atom. The van der Waals surface area contributed by atoms with Gasteiger partial charge in [0.15, 0.2) is 0 Å². The molecule has 1 aromatic carbocycles. The van der Waals surface area contributed by atoms with Crippen LogP contribution < -0.4 is 10.9 Å². The standard InChI is InChI=1S/C15H18BrN3O3/c16-12-6-4-5-11(9-12)15(22)18-17-13(20)10-19-8-3-1-2-7-14(19)21/h4-6,9H,1-3,7-8,10H2,(H,17,20)(H,18,22). The molecule has 0 spiro atoms. The van der Waals surface area contributed by atoms with E-state index in [1.165, 1.54) is 4.90 Å². The fourth-order valence-corrected chi connectivity index (χ4v) is 2.65. The van der Waals surface area contributed by atoms with Crippen LogP contribution in [0.3, 0.4) is 0 Å². The molecule has 1 heterocycles. The number of halogens is 1. The summed E-state index contributed by atoms with van der Waals surface area (Å²) in [5.41, 5.74) is 5.12. The Bertz CT molecular complexity index is 577. The molecule has 22 heavy (non-hydrogen) atoms. The van der Waals surface area contributed by atoms with Gasteiger partial charge in [0.2, 0.25) is 5.91 Å². The zero-order valence-corrected chi connectivity index (χ0v) is 13.7. The van der Waals surface area contributed by atoms with Crippen molar-refractivity contribution in [2.75, 3.05) is 13.1 Å². The van der Waals surface area contributed by atoms with E-state index in [0.29, 0.717) is 18.5 Å². The molecule has 2 N–H and O–H groups in total. The Kier molecular flexibility index (Phi) is 5.94. The molecule has 7 heteroatoms. The number of hydrazine groups is 1. The lowest BCUT2D eigenvalue weighted by molar-refractivity contribution is -0.135. The maximum Gasteiger partial charge on any atom is 0.269 e. The molecule has 0 aromatic heterocycles. The van der Waals surface area contributed by atoms with Gasteiger partial charge in [0, 0.05) is 23.0 Å². The highest BCUT2D eigenvalue weighted by Crippen LogP contribution is 2.11. The molecular weight excluding hydrogens is 350 g/mol. The fourth-order valence-electron chi connectivity index (χ4n) is 2.25. The molecular formula is C15H18BrN3O3. The Labute approximate surface area is 137 Å². The summed E-state index contributed by atoms with van der Waals surface area (Å²) < 4.78 is 0.779. The van der Waals surface area contributed by atoms with Crippen molar-refractivity contribution in [1.82, 2.24) is 15.8 Å². The van der Waals surface area contributed by atoms with Crippen molar-refractivity contribution in [3.63, 3.8) is 0 Å². The molecule has 1 aromatic rings. The largest absolute Gasteiger partial charge is 0.333 e. The first kappa shape index (κ1) is 16.5. The second-order valence-electron chi connectivity index (χ2n) is 5.14. The van der Waals surface area contributed by atoms with Crippen molar-refractivity contribution < 1.29 is 14.4 Å². The summed E-state index contributed by atoms with van der Waals surface area (Å²) in [4.78, 5) is 37.1. The van der Waals surface area contributed by atoms with Gasteiger partial charge in [-0.2, -0.15) is 0 Å². The number of benzene rings is 1. The molecule has 1 aliphatic heterocycles. The van der Waals surface area contributed by atoms with E-state index in [9.17, 15) is 14.4 Å². The highest BCUT2D eigenvalue weighted by Gasteiger charge is 2.19.